The Morgan fingerprint density at radius 3 is 2.50 bits per heavy atom. The Hall–Kier alpha value is -2.83. The molecule has 32 heavy (non-hydrogen) atoms. The first kappa shape index (κ1) is 22.4. The van der Waals surface area contributed by atoms with E-state index in [4.69, 9.17) is 16.3 Å². The molecule has 0 unspecified atom stereocenters. The van der Waals surface area contributed by atoms with Gasteiger partial charge in [-0.25, -0.2) is 5.43 Å². The molecular formula is C25H23BrClN3O2. The van der Waals surface area contributed by atoms with Crippen LogP contribution in [0.5, 0.6) is 5.75 Å². The molecule has 1 amide bonds. The molecule has 1 fully saturated rings. The summed E-state index contributed by atoms with van der Waals surface area (Å²) < 4.78 is 6.84. The molecule has 1 N–H and O–H groups in total. The lowest BCUT2D eigenvalue weighted by Crippen LogP contribution is -2.19. The largest absolute Gasteiger partial charge is 0.488 e. The Labute approximate surface area is 201 Å². The van der Waals surface area contributed by atoms with Crippen LogP contribution in [-0.4, -0.2) is 25.2 Å². The Morgan fingerprint density at radius 1 is 1.06 bits per heavy atom. The van der Waals surface area contributed by atoms with Crippen molar-refractivity contribution in [2.75, 3.05) is 18.0 Å². The average Bonchev–Trinajstić information content (AvgIpc) is 3.35. The van der Waals surface area contributed by atoms with Crippen LogP contribution in [-0.2, 0) is 6.61 Å². The third-order valence-electron chi connectivity index (χ3n) is 5.25. The monoisotopic (exact) mass is 511 g/mol. The number of nitrogens with zero attached hydrogens (tertiary/aromatic N) is 2. The molecule has 0 radical (unpaired) electrons. The highest BCUT2D eigenvalue weighted by atomic mass is 79.9. The second-order valence-electron chi connectivity index (χ2n) is 7.54. The predicted octanol–water partition coefficient (Wildman–Crippen LogP) is 6.05. The second-order valence-corrected chi connectivity index (χ2v) is 8.89. The second kappa shape index (κ2) is 10.7. The molecule has 1 aliphatic heterocycles. The Morgan fingerprint density at radius 2 is 1.78 bits per heavy atom. The molecule has 0 spiro atoms. The van der Waals surface area contributed by atoms with Crippen molar-refractivity contribution in [3.63, 3.8) is 0 Å². The van der Waals surface area contributed by atoms with Crippen LogP contribution in [0.25, 0.3) is 0 Å². The lowest BCUT2D eigenvalue weighted by Gasteiger charge is -2.17. The first-order valence-corrected chi connectivity index (χ1v) is 11.6. The van der Waals surface area contributed by atoms with Gasteiger partial charge in [0.2, 0.25) is 0 Å². The predicted molar refractivity (Wildman–Crippen MR) is 133 cm³/mol. The maximum atomic E-state index is 12.5. The summed E-state index contributed by atoms with van der Waals surface area (Å²) in [7, 11) is 0. The number of amides is 1. The van der Waals surface area contributed by atoms with Crippen molar-refractivity contribution in [1.82, 2.24) is 5.43 Å². The van der Waals surface area contributed by atoms with Gasteiger partial charge in [0.15, 0.2) is 0 Å². The van der Waals surface area contributed by atoms with E-state index in [-0.39, 0.29) is 5.91 Å². The molecule has 0 bridgehead atoms. The lowest BCUT2D eigenvalue weighted by atomic mass is 10.2. The highest BCUT2D eigenvalue weighted by molar-refractivity contribution is 9.10. The molecule has 1 heterocycles. The van der Waals surface area contributed by atoms with Crippen LogP contribution in [0, 0.1) is 0 Å². The number of hydrogen-bond acceptors (Lipinski definition) is 4. The summed E-state index contributed by atoms with van der Waals surface area (Å²) in [5.41, 5.74) is 6.07. The minimum atomic E-state index is -0.257. The third kappa shape index (κ3) is 5.90. The van der Waals surface area contributed by atoms with Crippen LogP contribution in [0.1, 0.15) is 34.3 Å². The number of ether oxygens (including phenoxy) is 1. The molecule has 3 aromatic rings. The number of carbonyl (C=O) groups is 1. The zero-order chi connectivity index (χ0) is 22.3. The van der Waals surface area contributed by atoms with Gasteiger partial charge < -0.3 is 9.64 Å². The van der Waals surface area contributed by atoms with Crippen LogP contribution >= 0.6 is 27.5 Å². The number of hydrogen-bond donors (Lipinski definition) is 1. The summed E-state index contributed by atoms with van der Waals surface area (Å²) in [5, 5.41) is 4.82. The van der Waals surface area contributed by atoms with Gasteiger partial charge >= 0.3 is 0 Å². The van der Waals surface area contributed by atoms with Crippen molar-refractivity contribution < 1.29 is 9.53 Å². The standard InChI is InChI=1S/C25H23BrClN3O2/c26-21-7-12-24(32-17-18-3-8-22(27)9-4-18)20(15-21)16-28-29-25(31)19-5-10-23(11-6-19)30-13-1-2-14-30/h3-12,15-16H,1-2,13-14,17H2,(H,29,31)/b28-16-. The summed E-state index contributed by atoms with van der Waals surface area (Å²) >= 11 is 9.41. The van der Waals surface area contributed by atoms with E-state index in [0.717, 1.165) is 34.4 Å². The number of halogens is 2. The van der Waals surface area contributed by atoms with Gasteiger partial charge in [-0.15, -0.1) is 0 Å². The minimum absolute atomic E-state index is 0.257. The van der Waals surface area contributed by atoms with Gasteiger partial charge in [0.05, 0.1) is 6.21 Å². The topological polar surface area (TPSA) is 53.9 Å². The van der Waals surface area contributed by atoms with Crippen LogP contribution in [0.15, 0.2) is 76.3 Å². The van der Waals surface area contributed by atoms with Crippen molar-refractivity contribution in [3.8, 4) is 5.75 Å². The maximum absolute atomic E-state index is 12.5. The fourth-order valence-electron chi connectivity index (χ4n) is 3.52. The van der Waals surface area contributed by atoms with Crippen LogP contribution in [0.2, 0.25) is 5.02 Å². The number of carbonyl (C=O) groups excluding carboxylic acids is 1. The zero-order valence-corrected chi connectivity index (χ0v) is 19.8. The fraction of sp³-hybridized carbons (Fsp3) is 0.200. The molecular weight excluding hydrogens is 490 g/mol. The summed E-state index contributed by atoms with van der Waals surface area (Å²) in [6, 6.07) is 20.8. The smallest absolute Gasteiger partial charge is 0.271 e. The van der Waals surface area contributed by atoms with Crippen LogP contribution in [0.3, 0.4) is 0 Å². The van der Waals surface area contributed by atoms with Gasteiger partial charge in [0.1, 0.15) is 12.4 Å². The van der Waals surface area contributed by atoms with Gasteiger partial charge in [-0.3, -0.25) is 4.79 Å². The lowest BCUT2D eigenvalue weighted by molar-refractivity contribution is 0.0955. The number of anilines is 1. The molecule has 0 atom stereocenters. The van der Waals surface area contributed by atoms with Gasteiger partial charge in [-0.05, 0) is 73.0 Å². The summed E-state index contributed by atoms with van der Waals surface area (Å²) in [4.78, 5) is 14.8. The summed E-state index contributed by atoms with van der Waals surface area (Å²) in [6.07, 6.45) is 4.02. The Balaban J connectivity index is 1.38. The Kier molecular flexibility index (Phi) is 7.45. The molecule has 1 saturated heterocycles. The van der Waals surface area contributed by atoms with Gasteiger partial charge in [0.25, 0.3) is 5.91 Å². The third-order valence-corrected chi connectivity index (χ3v) is 6.00. The van der Waals surface area contributed by atoms with Crippen molar-refractivity contribution in [1.29, 1.82) is 0 Å². The van der Waals surface area contributed by atoms with Crippen LogP contribution < -0.4 is 15.1 Å². The quantitative estimate of drug-likeness (QED) is 0.310. The SMILES string of the molecule is O=C(N/N=C\c1cc(Br)ccc1OCc1ccc(Cl)cc1)c1ccc(N2CCCC2)cc1. The molecule has 164 valence electrons. The van der Waals surface area contributed by atoms with E-state index in [1.807, 2.05) is 66.7 Å². The zero-order valence-electron chi connectivity index (χ0n) is 17.4. The van der Waals surface area contributed by atoms with Gasteiger partial charge in [0, 0.05) is 39.4 Å². The Bertz CT molecular complexity index is 1100. The highest BCUT2D eigenvalue weighted by Crippen LogP contribution is 2.23. The molecule has 7 heteroatoms. The molecule has 5 nitrogen and oxygen atoms in total. The van der Waals surface area contributed by atoms with Crippen molar-refractivity contribution in [2.45, 2.75) is 19.4 Å². The van der Waals surface area contributed by atoms with E-state index >= 15 is 0 Å². The van der Waals surface area contributed by atoms with E-state index in [1.165, 1.54) is 12.8 Å². The average molecular weight is 513 g/mol. The van der Waals surface area contributed by atoms with Crippen LogP contribution in [0.4, 0.5) is 5.69 Å². The maximum Gasteiger partial charge on any atom is 0.271 e. The number of nitrogens with one attached hydrogen (secondary N) is 1. The van der Waals surface area contributed by atoms with E-state index in [1.54, 1.807) is 6.21 Å². The molecule has 0 saturated carbocycles. The van der Waals surface area contributed by atoms with E-state index in [9.17, 15) is 4.79 Å². The van der Waals surface area contributed by atoms with Gasteiger partial charge in [-0.1, -0.05) is 39.7 Å². The summed E-state index contributed by atoms with van der Waals surface area (Å²) in [5.74, 6) is 0.406. The molecule has 0 aromatic heterocycles. The fourth-order valence-corrected chi connectivity index (χ4v) is 4.02. The van der Waals surface area contributed by atoms with Crippen molar-refractivity contribution in [3.05, 3.63) is 92.9 Å². The minimum Gasteiger partial charge on any atom is -0.488 e. The first-order valence-electron chi connectivity index (χ1n) is 10.4. The highest BCUT2D eigenvalue weighted by Gasteiger charge is 2.13. The van der Waals surface area contributed by atoms with E-state index < -0.39 is 0 Å². The van der Waals surface area contributed by atoms with E-state index in [0.29, 0.717) is 22.9 Å². The number of benzene rings is 3. The molecule has 4 rings (SSSR count). The van der Waals surface area contributed by atoms with E-state index in [2.05, 4.69) is 31.4 Å². The van der Waals surface area contributed by atoms with Crippen molar-refractivity contribution >= 4 is 45.3 Å². The summed E-state index contributed by atoms with van der Waals surface area (Å²) in [6.45, 7) is 2.55. The first-order chi connectivity index (χ1) is 15.6. The number of rotatable bonds is 7. The molecule has 0 aliphatic carbocycles. The molecule has 1 aliphatic rings. The molecule has 3 aromatic carbocycles. The van der Waals surface area contributed by atoms with Gasteiger partial charge in [-0.2, -0.15) is 5.10 Å². The number of hydrazone groups is 1. The normalized spacial score (nSPS) is 13.5. The van der Waals surface area contributed by atoms with Crippen molar-refractivity contribution in [2.24, 2.45) is 5.10 Å².